The molecule has 0 bridgehead atoms. The van der Waals surface area contributed by atoms with Crippen molar-refractivity contribution < 1.29 is 4.79 Å². The van der Waals surface area contributed by atoms with E-state index in [4.69, 9.17) is 0 Å². The second kappa shape index (κ2) is 6.55. The topological polar surface area (TPSA) is 54.9 Å². The first kappa shape index (κ1) is 13.1. The fourth-order valence-corrected chi connectivity index (χ4v) is 1.75. The molecular formula is C10H9Br2N3O. The Bertz CT molecular complexity index is 444. The molecule has 0 aliphatic heterocycles. The predicted octanol–water partition coefficient (Wildman–Crippen LogP) is 3.07. The average Bonchev–Trinajstić information content (AvgIpc) is 2.23. The number of nitrogens with zero attached hydrogens (tertiary/aromatic N) is 2. The minimum absolute atomic E-state index is 0.254. The van der Waals surface area contributed by atoms with E-state index in [0.717, 1.165) is 0 Å². The maximum Gasteiger partial charge on any atom is 0.249 e. The normalized spacial score (nSPS) is 11.2. The van der Waals surface area contributed by atoms with E-state index in [1.54, 1.807) is 12.2 Å². The molecule has 1 heterocycles. The van der Waals surface area contributed by atoms with Gasteiger partial charge in [-0.1, -0.05) is 18.2 Å². The van der Waals surface area contributed by atoms with Crippen LogP contribution in [0, 0.1) is 0 Å². The van der Waals surface area contributed by atoms with Gasteiger partial charge in [0, 0.05) is 6.08 Å². The van der Waals surface area contributed by atoms with E-state index in [1.165, 1.54) is 12.3 Å². The van der Waals surface area contributed by atoms with Gasteiger partial charge in [-0.2, -0.15) is 0 Å². The summed E-state index contributed by atoms with van der Waals surface area (Å²) in [4.78, 5) is 19.4. The van der Waals surface area contributed by atoms with Gasteiger partial charge < -0.3 is 5.32 Å². The minimum Gasteiger partial charge on any atom is -0.305 e. The minimum atomic E-state index is -0.254. The van der Waals surface area contributed by atoms with Crippen molar-refractivity contribution >= 4 is 43.6 Å². The molecule has 0 aromatic carbocycles. The van der Waals surface area contributed by atoms with Crippen molar-refractivity contribution in [1.29, 1.82) is 0 Å². The van der Waals surface area contributed by atoms with Crippen LogP contribution < -0.4 is 5.32 Å². The Morgan fingerprint density at radius 2 is 2.19 bits per heavy atom. The molecule has 0 aliphatic rings. The van der Waals surface area contributed by atoms with E-state index in [2.05, 4.69) is 47.1 Å². The summed E-state index contributed by atoms with van der Waals surface area (Å²) < 4.78 is 1.08. The van der Waals surface area contributed by atoms with Crippen LogP contribution in [0.3, 0.4) is 0 Å². The smallest absolute Gasteiger partial charge is 0.249 e. The lowest BCUT2D eigenvalue weighted by molar-refractivity contribution is -0.111. The second-order valence-electron chi connectivity index (χ2n) is 2.71. The van der Waals surface area contributed by atoms with Gasteiger partial charge in [-0.15, -0.1) is 0 Å². The molecule has 1 N–H and O–H groups in total. The van der Waals surface area contributed by atoms with Crippen molar-refractivity contribution in [3.05, 3.63) is 39.7 Å². The fraction of sp³-hybridized carbons (Fsp3) is 0.100. The Balaban J connectivity index is 2.70. The Hall–Kier alpha value is -1.01. The van der Waals surface area contributed by atoms with E-state index in [0.29, 0.717) is 15.0 Å². The van der Waals surface area contributed by atoms with Crippen LogP contribution in [0.15, 0.2) is 39.7 Å². The summed E-state index contributed by atoms with van der Waals surface area (Å²) in [6, 6.07) is 0. The second-order valence-corrected chi connectivity index (χ2v) is 4.27. The molecule has 1 aromatic rings. The summed E-state index contributed by atoms with van der Waals surface area (Å²) in [6.07, 6.45) is 8.17. The summed E-state index contributed by atoms with van der Waals surface area (Å²) >= 11 is 6.38. The highest BCUT2D eigenvalue weighted by atomic mass is 79.9. The molecule has 1 rings (SSSR count). The third kappa shape index (κ3) is 4.24. The Morgan fingerprint density at radius 3 is 2.81 bits per heavy atom. The van der Waals surface area contributed by atoms with Crippen molar-refractivity contribution in [2.45, 2.75) is 6.92 Å². The zero-order valence-corrected chi connectivity index (χ0v) is 11.6. The zero-order valence-electron chi connectivity index (χ0n) is 8.45. The summed E-state index contributed by atoms with van der Waals surface area (Å²) in [5.74, 6) is 0.133. The lowest BCUT2D eigenvalue weighted by Crippen LogP contribution is -2.10. The first-order valence-electron chi connectivity index (χ1n) is 4.42. The Kier molecular flexibility index (Phi) is 5.34. The molecule has 1 amide bonds. The number of allylic oxidation sites excluding steroid dienone is 3. The molecule has 0 radical (unpaired) electrons. The highest BCUT2D eigenvalue weighted by molar-refractivity contribution is 9.11. The highest BCUT2D eigenvalue weighted by Gasteiger charge is 2.05. The maximum atomic E-state index is 11.4. The summed E-state index contributed by atoms with van der Waals surface area (Å²) in [5, 5.41) is 2.60. The van der Waals surface area contributed by atoms with Crippen molar-refractivity contribution in [3.8, 4) is 0 Å². The van der Waals surface area contributed by atoms with Crippen LogP contribution in [-0.4, -0.2) is 15.9 Å². The first-order valence-corrected chi connectivity index (χ1v) is 6.00. The third-order valence-electron chi connectivity index (χ3n) is 1.49. The number of hydrogen-bond acceptors (Lipinski definition) is 3. The number of hydrogen-bond donors (Lipinski definition) is 1. The summed E-state index contributed by atoms with van der Waals surface area (Å²) in [6.45, 7) is 1.87. The standard InChI is InChI=1S/C10H9Br2N3O/c1-2-3-4-5-8(16)15-10-9(12)14-7(11)6-13-10/h2-6H,1H3,(H,13,15,16). The molecule has 0 atom stereocenters. The first-order chi connectivity index (χ1) is 7.63. The maximum absolute atomic E-state index is 11.4. The number of carbonyl (C=O) groups excluding carboxylic acids is 1. The summed E-state index contributed by atoms with van der Waals surface area (Å²) in [7, 11) is 0. The van der Waals surface area contributed by atoms with Crippen LogP contribution in [0.5, 0.6) is 0 Å². The van der Waals surface area contributed by atoms with Gasteiger partial charge in [0.2, 0.25) is 5.91 Å². The fourth-order valence-electron chi connectivity index (χ4n) is 0.843. The van der Waals surface area contributed by atoms with Crippen molar-refractivity contribution in [3.63, 3.8) is 0 Å². The van der Waals surface area contributed by atoms with Crippen LogP contribution in [0.4, 0.5) is 5.82 Å². The molecule has 0 aliphatic carbocycles. The van der Waals surface area contributed by atoms with Gasteiger partial charge >= 0.3 is 0 Å². The number of aromatic nitrogens is 2. The van der Waals surface area contributed by atoms with Crippen molar-refractivity contribution in [2.24, 2.45) is 0 Å². The van der Waals surface area contributed by atoms with Crippen LogP contribution in [-0.2, 0) is 4.79 Å². The highest BCUT2D eigenvalue weighted by Crippen LogP contribution is 2.19. The molecular weight excluding hydrogens is 338 g/mol. The molecule has 0 fully saturated rings. The number of rotatable bonds is 3. The van der Waals surface area contributed by atoms with E-state index < -0.39 is 0 Å². The lowest BCUT2D eigenvalue weighted by Gasteiger charge is -2.02. The van der Waals surface area contributed by atoms with Crippen molar-refractivity contribution in [1.82, 2.24) is 9.97 Å². The van der Waals surface area contributed by atoms with Gasteiger partial charge in [-0.3, -0.25) is 4.79 Å². The molecule has 1 aromatic heterocycles. The number of amides is 1. The van der Waals surface area contributed by atoms with Crippen LogP contribution in [0.1, 0.15) is 6.92 Å². The lowest BCUT2D eigenvalue weighted by atomic mass is 10.4. The van der Waals surface area contributed by atoms with E-state index in [1.807, 2.05) is 13.0 Å². The van der Waals surface area contributed by atoms with Gasteiger partial charge in [0.1, 0.15) is 9.21 Å². The van der Waals surface area contributed by atoms with Crippen LogP contribution in [0.25, 0.3) is 0 Å². The molecule has 0 saturated heterocycles. The average molecular weight is 347 g/mol. The van der Waals surface area contributed by atoms with Gasteiger partial charge in [0.05, 0.1) is 6.20 Å². The van der Waals surface area contributed by atoms with E-state index in [-0.39, 0.29) is 5.91 Å². The largest absolute Gasteiger partial charge is 0.305 e. The van der Waals surface area contributed by atoms with Gasteiger partial charge in [-0.05, 0) is 38.8 Å². The molecule has 0 saturated carbocycles. The Labute approximate surface area is 110 Å². The van der Waals surface area contributed by atoms with E-state index >= 15 is 0 Å². The SMILES string of the molecule is CC=CC=CC(=O)Nc1ncc(Br)nc1Br. The predicted molar refractivity (Wildman–Crippen MR) is 70.0 cm³/mol. The molecule has 84 valence electrons. The molecule has 16 heavy (non-hydrogen) atoms. The number of anilines is 1. The number of halogens is 2. The van der Waals surface area contributed by atoms with Crippen LogP contribution in [0.2, 0.25) is 0 Å². The third-order valence-corrected chi connectivity index (χ3v) is 2.43. The van der Waals surface area contributed by atoms with Gasteiger partial charge in [0.25, 0.3) is 0 Å². The number of nitrogens with one attached hydrogen (secondary N) is 1. The molecule has 0 spiro atoms. The van der Waals surface area contributed by atoms with Crippen molar-refractivity contribution in [2.75, 3.05) is 5.32 Å². The Morgan fingerprint density at radius 1 is 1.44 bits per heavy atom. The monoisotopic (exact) mass is 345 g/mol. The summed E-state index contributed by atoms with van der Waals surface area (Å²) in [5.41, 5.74) is 0. The molecule has 0 unspecified atom stereocenters. The zero-order chi connectivity index (χ0) is 12.0. The van der Waals surface area contributed by atoms with Crippen LogP contribution >= 0.6 is 31.9 Å². The molecule has 6 heteroatoms. The van der Waals surface area contributed by atoms with Gasteiger partial charge in [0.15, 0.2) is 5.82 Å². The van der Waals surface area contributed by atoms with E-state index in [9.17, 15) is 4.79 Å². The number of carbonyl (C=O) groups is 1. The van der Waals surface area contributed by atoms with Gasteiger partial charge in [-0.25, -0.2) is 9.97 Å². The quantitative estimate of drug-likeness (QED) is 0.676. The molecule has 4 nitrogen and oxygen atoms in total.